The van der Waals surface area contributed by atoms with Crippen LogP contribution in [0.3, 0.4) is 0 Å². The standard InChI is InChI=1S/C14H20N4O4S/c15-23(20,21)18-10-3-4-11(18)6-9(5-10)16-14(19)12-7-13(22-17-12)8-1-2-8/h7-11H,1-6H2,(H,16,19)(H2,15,20,21)/t9-,10+,11-. The summed E-state index contributed by atoms with van der Waals surface area (Å²) < 4.78 is 29.9. The fraction of sp³-hybridized carbons (Fsp3) is 0.714. The molecule has 126 valence electrons. The molecule has 1 aromatic heterocycles. The first kappa shape index (κ1) is 15.1. The average Bonchev–Trinajstić information content (AvgIpc) is 3.12. The van der Waals surface area contributed by atoms with Crippen LogP contribution in [0.15, 0.2) is 10.6 Å². The van der Waals surface area contributed by atoms with E-state index in [2.05, 4.69) is 10.5 Å². The Morgan fingerprint density at radius 2 is 1.91 bits per heavy atom. The van der Waals surface area contributed by atoms with E-state index >= 15 is 0 Å². The van der Waals surface area contributed by atoms with Gasteiger partial charge in [0, 0.05) is 30.1 Å². The van der Waals surface area contributed by atoms with E-state index in [1.807, 2.05) is 0 Å². The summed E-state index contributed by atoms with van der Waals surface area (Å²) in [6.45, 7) is 0. The average molecular weight is 340 g/mol. The fourth-order valence-electron chi connectivity index (χ4n) is 3.88. The highest BCUT2D eigenvalue weighted by Crippen LogP contribution is 2.40. The van der Waals surface area contributed by atoms with Crippen LogP contribution in [0.4, 0.5) is 0 Å². The maximum atomic E-state index is 12.3. The molecule has 23 heavy (non-hydrogen) atoms. The molecule has 2 aliphatic heterocycles. The number of nitrogens with one attached hydrogen (secondary N) is 1. The quantitative estimate of drug-likeness (QED) is 0.826. The zero-order chi connectivity index (χ0) is 16.2. The van der Waals surface area contributed by atoms with Gasteiger partial charge >= 0.3 is 0 Å². The van der Waals surface area contributed by atoms with Crippen LogP contribution in [0.25, 0.3) is 0 Å². The van der Waals surface area contributed by atoms with Gasteiger partial charge in [-0.3, -0.25) is 4.79 Å². The van der Waals surface area contributed by atoms with Crippen molar-refractivity contribution in [1.29, 1.82) is 0 Å². The van der Waals surface area contributed by atoms with Gasteiger partial charge in [0.25, 0.3) is 16.1 Å². The number of aromatic nitrogens is 1. The van der Waals surface area contributed by atoms with Crippen LogP contribution < -0.4 is 10.5 Å². The molecule has 1 saturated carbocycles. The van der Waals surface area contributed by atoms with Crippen LogP contribution in [-0.2, 0) is 10.2 Å². The summed E-state index contributed by atoms with van der Waals surface area (Å²) >= 11 is 0. The Kier molecular flexibility index (Phi) is 3.47. The number of nitrogens with zero attached hydrogens (tertiary/aromatic N) is 2. The summed E-state index contributed by atoms with van der Waals surface area (Å²) in [5.41, 5.74) is 0.299. The van der Waals surface area contributed by atoms with Crippen molar-refractivity contribution < 1.29 is 17.7 Å². The monoisotopic (exact) mass is 340 g/mol. The Bertz CT molecular complexity index is 713. The van der Waals surface area contributed by atoms with Crippen molar-refractivity contribution in [2.75, 3.05) is 0 Å². The van der Waals surface area contributed by atoms with E-state index in [0.717, 1.165) is 31.4 Å². The predicted molar refractivity (Wildman–Crippen MR) is 80.7 cm³/mol. The highest BCUT2D eigenvalue weighted by molar-refractivity contribution is 7.86. The SMILES string of the molecule is NS(=O)(=O)N1[C@@H]2CC[C@H]1C[C@@H](NC(=O)c1cc(C3CC3)on1)C2. The molecule has 2 bridgehead atoms. The van der Waals surface area contributed by atoms with Crippen molar-refractivity contribution >= 4 is 16.1 Å². The van der Waals surface area contributed by atoms with E-state index in [0.29, 0.717) is 24.5 Å². The number of amides is 1. The Morgan fingerprint density at radius 3 is 2.48 bits per heavy atom. The second-order valence-electron chi connectivity index (χ2n) is 6.79. The lowest BCUT2D eigenvalue weighted by Crippen LogP contribution is -2.54. The van der Waals surface area contributed by atoms with E-state index < -0.39 is 10.2 Å². The molecule has 4 rings (SSSR count). The topological polar surface area (TPSA) is 119 Å². The van der Waals surface area contributed by atoms with Crippen LogP contribution in [0.2, 0.25) is 0 Å². The number of nitrogens with two attached hydrogens (primary N) is 1. The molecule has 0 aromatic carbocycles. The Balaban J connectivity index is 1.41. The zero-order valence-electron chi connectivity index (χ0n) is 12.6. The van der Waals surface area contributed by atoms with E-state index in [1.54, 1.807) is 6.07 Å². The smallest absolute Gasteiger partial charge is 0.277 e. The van der Waals surface area contributed by atoms with Crippen LogP contribution in [-0.4, -0.2) is 41.9 Å². The van der Waals surface area contributed by atoms with Gasteiger partial charge in [0.05, 0.1) is 0 Å². The number of carbonyl (C=O) groups excluding carboxylic acids is 1. The summed E-state index contributed by atoms with van der Waals surface area (Å²) in [5, 5.41) is 12.1. The molecule has 8 nitrogen and oxygen atoms in total. The van der Waals surface area contributed by atoms with E-state index in [1.165, 1.54) is 4.31 Å². The minimum atomic E-state index is -3.67. The van der Waals surface area contributed by atoms with E-state index in [4.69, 9.17) is 9.66 Å². The molecule has 0 spiro atoms. The minimum Gasteiger partial charge on any atom is -0.360 e. The second kappa shape index (κ2) is 5.29. The van der Waals surface area contributed by atoms with Crippen molar-refractivity contribution in [3.8, 4) is 0 Å². The molecular weight excluding hydrogens is 320 g/mol. The molecule has 2 saturated heterocycles. The Labute approximate surface area is 134 Å². The van der Waals surface area contributed by atoms with Crippen LogP contribution in [0.1, 0.15) is 60.7 Å². The number of carbonyl (C=O) groups is 1. The third-order valence-corrected chi connectivity index (χ3v) is 6.22. The predicted octanol–water partition coefficient (Wildman–Crippen LogP) is 0.481. The van der Waals surface area contributed by atoms with Crippen molar-refractivity contribution in [3.05, 3.63) is 17.5 Å². The summed E-state index contributed by atoms with van der Waals surface area (Å²) in [6.07, 6.45) is 4.95. The molecule has 9 heteroatoms. The number of piperidine rings is 1. The molecule has 0 radical (unpaired) electrons. The van der Waals surface area contributed by atoms with Gasteiger partial charge in [-0.25, -0.2) is 5.14 Å². The fourth-order valence-corrected chi connectivity index (χ4v) is 5.10. The van der Waals surface area contributed by atoms with E-state index in [9.17, 15) is 13.2 Å². The summed E-state index contributed by atoms with van der Waals surface area (Å²) in [6, 6.07) is 1.42. The van der Waals surface area contributed by atoms with Gasteiger partial charge in [-0.05, 0) is 38.5 Å². The lowest BCUT2D eigenvalue weighted by atomic mass is 9.99. The van der Waals surface area contributed by atoms with Gasteiger partial charge in [0.15, 0.2) is 5.69 Å². The lowest BCUT2D eigenvalue weighted by Gasteiger charge is -2.36. The van der Waals surface area contributed by atoms with E-state index in [-0.39, 0.29) is 24.0 Å². The Hall–Kier alpha value is -1.45. The highest BCUT2D eigenvalue weighted by atomic mass is 32.2. The normalized spacial score (nSPS) is 31.3. The maximum absolute atomic E-state index is 12.3. The van der Waals surface area contributed by atoms with Crippen molar-refractivity contribution in [2.45, 2.75) is 62.6 Å². The molecule has 3 fully saturated rings. The highest BCUT2D eigenvalue weighted by Gasteiger charge is 2.46. The summed E-state index contributed by atoms with van der Waals surface area (Å²) in [7, 11) is -3.67. The third kappa shape index (κ3) is 2.88. The second-order valence-corrected chi connectivity index (χ2v) is 8.24. The van der Waals surface area contributed by atoms with Crippen LogP contribution in [0, 0.1) is 0 Å². The molecule has 3 heterocycles. The van der Waals surface area contributed by atoms with Crippen molar-refractivity contribution in [3.63, 3.8) is 0 Å². The summed E-state index contributed by atoms with van der Waals surface area (Å²) in [5.74, 6) is 0.936. The molecule has 3 aliphatic rings. The molecule has 1 amide bonds. The van der Waals surface area contributed by atoms with Crippen molar-refractivity contribution in [1.82, 2.24) is 14.8 Å². The molecule has 3 N–H and O–H groups in total. The van der Waals surface area contributed by atoms with Crippen LogP contribution >= 0.6 is 0 Å². The molecule has 0 unspecified atom stereocenters. The lowest BCUT2D eigenvalue weighted by molar-refractivity contribution is 0.0900. The minimum absolute atomic E-state index is 0.0564. The van der Waals surface area contributed by atoms with Gasteiger partial charge in [-0.1, -0.05) is 5.16 Å². The first-order valence-electron chi connectivity index (χ1n) is 8.00. The maximum Gasteiger partial charge on any atom is 0.277 e. The van der Waals surface area contributed by atoms with Gasteiger partial charge in [0.2, 0.25) is 0 Å². The zero-order valence-corrected chi connectivity index (χ0v) is 13.5. The molecule has 1 aromatic rings. The largest absolute Gasteiger partial charge is 0.360 e. The van der Waals surface area contributed by atoms with Gasteiger partial charge in [-0.15, -0.1) is 0 Å². The van der Waals surface area contributed by atoms with Crippen LogP contribution in [0.5, 0.6) is 0 Å². The number of hydrogen-bond donors (Lipinski definition) is 2. The summed E-state index contributed by atoms with van der Waals surface area (Å²) in [4.78, 5) is 12.3. The number of hydrogen-bond acceptors (Lipinski definition) is 5. The number of rotatable bonds is 4. The van der Waals surface area contributed by atoms with Gasteiger partial charge < -0.3 is 9.84 Å². The third-order valence-electron chi connectivity index (χ3n) is 5.04. The molecule has 1 aliphatic carbocycles. The van der Waals surface area contributed by atoms with Gasteiger partial charge in [0.1, 0.15) is 5.76 Å². The first-order chi connectivity index (χ1) is 10.9. The molecule has 3 atom stereocenters. The van der Waals surface area contributed by atoms with Crippen molar-refractivity contribution in [2.24, 2.45) is 5.14 Å². The molecular formula is C14H20N4O4S. The number of fused-ring (bicyclic) bond motifs is 2. The Morgan fingerprint density at radius 1 is 1.26 bits per heavy atom. The van der Waals surface area contributed by atoms with Gasteiger partial charge in [-0.2, -0.15) is 12.7 Å². The first-order valence-corrected chi connectivity index (χ1v) is 9.51.